The molecule has 1 N–H and O–H groups in total. The van der Waals surface area contributed by atoms with Gasteiger partial charge in [-0.1, -0.05) is 40.9 Å². The average molecular weight is 435 g/mol. The Hall–Kier alpha value is -1.24. The van der Waals surface area contributed by atoms with Crippen molar-refractivity contribution >= 4 is 50.5 Å². The Morgan fingerprint density at radius 3 is 2.27 bits per heavy atom. The van der Waals surface area contributed by atoms with Gasteiger partial charge in [-0.2, -0.15) is 0 Å². The first-order valence-corrected chi connectivity index (χ1v) is 10.3. The highest BCUT2D eigenvalue weighted by Crippen LogP contribution is 2.35. The summed E-state index contributed by atoms with van der Waals surface area (Å²) >= 11 is 18.2. The van der Waals surface area contributed by atoms with Gasteiger partial charge in [0.05, 0.1) is 27.8 Å². The zero-order chi connectivity index (χ0) is 19.5. The maximum atomic E-state index is 13.3. The monoisotopic (exact) mass is 433 g/mol. The quantitative estimate of drug-likeness (QED) is 0.612. The standard InChI is InChI=1S/C18H18Cl3NO3S/c1-3-4-18(23)12(2)22(17-11-14(20)7-10-16(17)21)26(24,25)15-8-5-13(19)6-9-15/h3,5-12,18,23H,1,4H2,2H3/t12-,18?/m1/s1. The molecule has 4 nitrogen and oxygen atoms in total. The van der Waals surface area contributed by atoms with E-state index in [1.807, 2.05) is 0 Å². The first-order valence-electron chi connectivity index (χ1n) is 7.72. The molecule has 0 amide bonds. The van der Waals surface area contributed by atoms with Crippen LogP contribution in [-0.2, 0) is 10.0 Å². The van der Waals surface area contributed by atoms with E-state index in [0.717, 1.165) is 4.31 Å². The fourth-order valence-corrected chi connectivity index (χ4v) is 4.71. The van der Waals surface area contributed by atoms with Crippen molar-refractivity contribution in [2.45, 2.75) is 30.4 Å². The van der Waals surface area contributed by atoms with Crippen molar-refractivity contribution in [1.82, 2.24) is 0 Å². The second kappa shape index (κ2) is 8.63. The highest BCUT2D eigenvalue weighted by Gasteiger charge is 2.34. The Labute approximate surface area is 168 Å². The predicted octanol–water partition coefficient (Wildman–Crippen LogP) is 5.17. The first kappa shape index (κ1) is 21.1. The second-order valence-electron chi connectivity index (χ2n) is 5.68. The lowest BCUT2D eigenvalue weighted by atomic mass is 10.1. The third-order valence-corrected chi connectivity index (χ3v) is 6.57. The highest BCUT2D eigenvalue weighted by atomic mass is 35.5. The highest BCUT2D eigenvalue weighted by molar-refractivity contribution is 7.92. The molecule has 0 spiro atoms. The minimum Gasteiger partial charge on any atom is -0.391 e. The van der Waals surface area contributed by atoms with Crippen molar-refractivity contribution in [3.63, 3.8) is 0 Å². The van der Waals surface area contributed by atoms with Crippen molar-refractivity contribution < 1.29 is 13.5 Å². The SMILES string of the molecule is C=CCC(O)[C@@H](C)N(c1cc(Cl)ccc1Cl)S(=O)(=O)c1ccc(Cl)cc1. The Kier molecular flexibility index (Phi) is 6.99. The number of hydrogen-bond acceptors (Lipinski definition) is 3. The van der Waals surface area contributed by atoms with Crippen LogP contribution in [0.4, 0.5) is 5.69 Å². The van der Waals surface area contributed by atoms with Gasteiger partial charge in [0.2, 0.25) is 0 Å². The molecule has 26 heavy (non-hydrogen) atoms. The summed E-state index contributed by atoms with van der Waals surface area (Å²) in [5, 5.41) is 11.3. The molecule has 2 aromatic rings. The molecular formula is C18H18Cl3NO3S. The number of benzene rings is 2. The van der Waals surface area contributed by atoms with Crippen LogP contribution in [0.25, 0.3) is 0 Å². The Morgan fingerprint density at radius 1 is 1.12 bits per heavy atom. The summed E-state index contributed by atoms with van der Waals surface area (Å²) < 4.78 is 27.7. The minimum atomic E-state index is -4.04. The van der Waals surface area contributed by atoms with Crippen molar-refractivity contribution in [1.29, 1.82) is 0 Å². The van der Waals surface area contributed by atoms with Gasteiger partial charge < -0.3 is 5.11 Å². The smallest absolute Gasteiger partial charge is 0.264 e. The maximum absolute atomic E-state index is 13.3. The minimum absolute atomic E-state index is 0.0237. The Bertz CT molecular complexity index is 885. The van der Waals surface area contributed by atoms with Gasteiger partial charge in [-0.25, -0.2) is 8.42 Å². The van der Waals surface area contributed by atoms with Crippen molar-refractivity contribution in [2.24, 2.45) is 0 Å². The molecule has 140 valence electrons. The molecule has 0 saturated carbocycles. The Balaban J connectivity index is 2.65. The summed E-state index contributed by atoms with van der Waals surface area (Å²) in [5.74, 6) is 0. The van der Waals surface area contributed by atoms with E-state index < -0.39 is 22.2 Å². The van der Waals surface area contributed by atoms with Gasteiger partial charge in [0, 0.05) is 10.0 Å². The molecule has 2 atom stereocenters. The molecule has 2 aromatic carbocycles. The van der Waals surface area contributed by atoms with Crippen LogP contribution in [0.15, 0.2) is 60.0 Å². The third-order valence-electron chi connectivity index (χ3n) is 3.85. The fraction of sp³-hybridized carbons (Fsp3) is 0.222. The third kappa shape index (κ3) is 4.53. The lowest BCUT2D eigenvalue weighted by molar-refractivity contribution is 0.155. The molecule has 0 aliphatic heterocycles. The van der Waals surface area contributed by atoms with Crippen LogP contribution in [-0.4, -0.2) is 25.7 Å². The van der Waals surface area contributed by atoms with E-state index in [1.165, 1.54) is 42.5 Å². The summed E-state index contributed by atoms with van der Waals surface area (Å²) in [5.41, 5.74) is 0.185. The molecular weight excluding hydrogens is 417 g/mol. The predicted molar refractivity (Wildman–Crippen MR) is 108 cm³/mol. The number of aliphatic hydroxyl groups is 1. The normalized spacial score (nSPS) is 13.9. The van der Waals surface area contributed by atoms with Crippen molar-refractivity contribution in [3.8, 4) is 0 Å². The van der Waals surface area contributed by atoms with Crippen LogP contribution < -0.4 is 4.31 Å². The van der Waals surface area contributed by atoms with Crippen LogP contribution in [0, 0.1) is 0 Å². The Morgan fingerprint density at radius 2 is 1.69 bits per heavy atom. The van der Waals surface area contributed by atoms with Gasteiger partial charge in [0.25, 0.3) is 10.0 Å². The van der Waals surface area contributed by atoms with Gasteiger partial charge in [0.1, 0.15) is 0 Å². The molecule has 0 saturated heterocycles. The summed E-state index contributed by atoms with van der Waals surface area (Å²) in [7, 11) is -4.04. The molecule has 0 radical (unpaired) electrons. The molecule has 0 aliphatic carbocycles. The van der Waals surface area contributed by atoms with E-state index in [0.29, 0.717) is 10.0 Å². The van der Waals surface area contributed by atoms with Gasteiger partial charge in [-0.3, -0.25) is 4.31 Å². The van der Waals surface area contributed by atoms with Gasteiger partial charge in [-0.15, -0.1) is 6.58 Å². The number of anilines is 1. The van der Waals surface area contributed by atoms with Gasteiger partial charge in [0.15, 0.2) is 0 Å². The number of nitrogens with zero attached hydrogens (tertiary/aromatic N) is 1. The van der Waals surface area contributed by atoms with E-state index in [-0.39, 0.29) is 22.0 Å². The van der Waals surface area contributed by atoms with E-state index >= 15 is 0 Å². The number of hydrogen-bond donors (Lipinski definition) is 1. The topological polar surface area (TPSA) is 57.6 Å². The summed E-state index contributed by atoms with van der Waals surface area (Å²) in [6, 6.07) is 9.47. The largest absolute Gasteiger partial charge is 0.391 e. The van der Waals surface area contributed by atoms with Crippen molar-refractivity contribution in [2.75, 3.05) is 4.31 Å². The lowest BCUT2D eigenvalue weighted by Gasteiger charge is -2.33. The average Bonchev–Trinajstić information content (AvgIpc) is 2.58. The van der Waals surface area contributed by atoms with E-state index in [2.05, 4.69) is 6.58 Å². The molecule has 0 bridgehead atoms. The second-order valence-corrected chi connectivity index (χ2v) is 8.78. The summed E-state index contributed by atoms with van der Waals surface area (Å²) in [6.45, 7) is 5.18. The van der Waals surface area contributed by atoms with E-state index in [4.69, 9.17) is 34.8 Å². The summed E-state index contributed by atoms with van der Waals surface area (Å²) in [6.07, 6.45) is 0.754. The molecule has 1 unspecified atom stereocenters. The maximum Gasteiger partial charge on any atom is 0.264 e. The summed E-state index contributed by atoms with van der Waals surface area (Å²) in [4.78, 5) is 0.0237. The first-order chi connectivity index (χ1) is 12.2. The van der Waals surface area contributed by atoms with Gasteiger partial charge in [-0.05, 0) is 55.8 Å². The van der Waals surface area contributed by atoms with Crippen LogP contribution in [0.2, 0.25) is 15.1 Å². The molecule has 0 aliphatic rings. The lowest BCUT2D eigenvalue weighted by Crippen LogP contribution is -2.45. The molecule has 0 fully saturated rings. The van der Waals surface area contributed by atoms with Crippen LogP contribution in [0.1, 0.15) is 13.3 Å². The number of aliphatic hydroxyl groups excluding tert-OH is 1. The number of sulfonamides is 1. The molecule has 0 aromatic heterocycles. The van der Waals surface area contributed by atoms with Crippen molar-refractivity contribution in [3.05, 3.63) is 70.2 Å². The zero-order valence-corrected chi connectivity index (χ0v) is 17.0. The van der Waals surface area contributed by atoms with Crippen LogP contribution in [0.3, 0.4) is 0 Å². The number of rotatable bonds is 7. The molecule has 2 rings (SSSR count). The van der Waals surface area contributed by atoms with Crippen LogP contribution >= 0.6 is 34.8 Å². The zero-order valence-electron chi connectivity index (χ0n) is 13.9. The fourth-order valence-electron chi connectivity index (χ4n) is 2.47. The molecule has 0 heterocycles. The van der Waals surface area contributed by atoms with Crippen LogP contribution in [0.5, 0.6) is 0 Å². The van der Waals surface area contributed by atoms with E-state index in [9.17, 15) is 13.5 Å². The molecule has 8 heteroatoms. The van der Waals surface area contributed by atoms with E-state index in [1.54, 1.807) is 13.0 Å². The number of halogens is 3. The van der Waals surface area contributed by atoms with Gasteiger partial charge >= 0.3 is 0 Å².